The van der Waals surface area contributed by atoms with Crippen LogP contribution in [0, 0.1) is 0 Å². The van der Waals surface area contributed by atoms with Gasteiger partial charge in [-0.05, 0) is 53.2 Å². The summed E-state index contributed by atoms with van der Waals surface area (Å²) in [7, 11) is 0. The molecule has 7 aromatic carbocycles. The van der Waals surface area contributed by atoms with Gasteiger partial charge in [0.25, 0.3) is 0 Å². The molecule has 12 rings (SSSR count). The molecule has 0 spiro atoms. The predicted molar refractivity (Wildman–Crippen MR) is 240 cm³/mol. The molecule has 8 heteroatoms. The van der Waals surface area contributed by atoms with Crippen LogP contribution < -0.4 is 0 Å². The molecule has 5 heterocycles. The standard InChI is InChI=1S/C52H31N7O/c1-2-13-33(14-3-1)49-56-50(58-51(57-49)38-16-10-17-39(31-38)59-43-21-8-6-18-40(43)41-19-7-9-22-44(41)59)35-26-24-34(25-27-35)48-54-45(37-28-23-32-12-4-5-15-36(32)30-37)47-46(55-48)42-20-11-29-53-52(42)60-47/h1-31H. The van der Waals surface area contributed by atoms with E-state index in [0.29, 0.717) is 45.8 Å². The molecule has 60 heavy (non-hydrogen) atoms. The van der Waals surface area contributed by atoms with Crippen molar-refractivity contribution in [3.63, 3.8) is 0 Å². The van der Waals surface area contributed by atoms with Crippen LogP contribution in [0.15, 0.2) is 193 Å². The summed E-state index contributed by atoms with van der Waals surface area (Å²) in [5.41, 5.74) is 10.3. The average molecular weight is 770 g/mol. The van der Waals surface area contributed by atoms with Gasteiger partial charge in [-0.15, -0.1) is 0 Å². The SMILES string of the molecule is c1ccc(-c2nc(-c3ccc(-c4nc(-c5ccc6ccccc6c5)c5oc6ncccc6c5n4)cc3)nc(-c3cccc(-n4c5ccccc5c5ccccc54)c3)n2)cc1. The Labute approximate surface area is 343 Å². The maximum Gasteiger partial charge on any atom is 0.229 e. The van der Waals surface area contributed by atoms with Crippen molar-refractivity contribution >= 4 is 54.8 Å². The highest BCUT2D eigenvalue weighted by atomic mass is 16.3. The number of hydrogen-bond acceptors (Lipinski definition) is 7. The molecule has 0 fully saturated rings. The number of pyridine rings is 1. The molecule has 0 aliphatic carbocycles. The van der Waals surface area contributed by atoms with Crippen LogP contribution >= 0.6 is 0 Å². The molecule has 12 aromatic rings. The number of rotatable bonds is 6. The fourth-order valence-electron chi connectivity index (χ4n) is 8.24. The summed E-state index contributed by atoms with van der Waals surface area (Å²) < 4.78 is 8.63. The number of hydrogen-bond donors (Lipinski definition) is 0. The Morgan fingerprint density at radius 2 is 0.950 bits per heavy atom. The number of nitrogens with zero attached hydrogens (tertiary/aromatic N) is 7. The van der Waals surface area contributed by atoms with Crippen LogP contribution in [0.1, 0.15) is 0 Å². The first-order chi connectivity index (χ1) is 29.7. The van der Waals surface area contributed by atoms with E-state index in [2.05, 4.69) is 113 Å². The highest BCUT2D eigenvalue weighted by Gasteiger charge is 2.20. The van der Waals surface area contributed by atoms with Gasteiger partial charge in [0.05, 0.1) is 16.4 Å². The third-order valence-electron chi connectivity index (χ3n) is 11.1. The number of furan rings is 1. The van der Waals surface area contributed by atoms with Gasteiger partial charge in [0.2, 0.25) is 5.71 Å². The maximum absolute atomic E-state index is 6.32. The Bertz CT molecular complexity index is 3560. The molecular formula is C52H31N7O. The summed E-state index contributed by atoms with van der Waals surface area (Å²) in [4.78, 5) is 29.9. The summed E-state index contributed by atoms with van der Waals surface area (Å²) in [6.45, 7) is 0. The fraction of sp³-hybridized carbons (Fsp3) is 0. The van der Waals surface area contributed by atoms with E-state index in [0.717, 1.165) is 60.7 Å². The fourth-order valence-corrected chi connectivity index (χ4v) is 8.24. The quantitative estimate of drug-likeness (QED) is 0.166. The second-order valence-electron chi connectivity index (χ2n) is 14.8. The Morgan fingerprint density at radius 3 is 1.68 bits per heavy atom. The first-order valence-corrected chi connectivity index (χ1v) is 19.8. The zero-order chi connectivity index (χ0) is 39.6. The van der Waals surface area contributed by atoms with Crippen molar-refractivity contribution in [2.75, 3.05) is 0 Å². The summed E-state index contributed by atoms with van der Waals surface area (Å²) in [5, 5.41) is 5.53. The summed E-state index contributed by atoms with van der Waals surface area (Å²) >= 11 is 0. The lowest BCUT2D eigenvalue weighted by Crippen LogP contribution is -2.01. The first-order valence-electron chi connectivity index (χ1n) is 19.8. The Kier molecular flexibility index (Phi) is 7.67. The smallest absolute Gasteiger partial charge is 0.229 e. The minimum absolute atomic E-state index is 0.525. The van der Waals surface area contributed by atoms with Gasteiger partial charge in [-0.1, -0.05) is 140 Å². The molecule has 0 saturated heterocycles. The zero-order valence-electron chi connectivity index (χ0n) is 31.9. The van der Waals surface area contributed by atoms with E-state index in [1.807, 2.05) is 78.9 Å². The second-order valence-corrected chi connectivity index (χ2v) is 14.8. The maximum atomic E-state index is 6.32. The highest BCUT2D eigenvalue weighted by Crippen LogP contribution is 2.37. The predicted octanol–water partition coefficient (Wildman–Crippen LogP) is 12.5. The van der Waals surface area contributed by atoms with Gasteiger partial charge in [0.15, 0.2) is 28.9 Å². The van der Waals surface area contributed by atoms with Gasteiger partial charge < -0.3 is 8.98 Å². The van der Waals surface area contributed by atoms with Crippen molar-refractivity contribution in [1.82, 2.24) is 34.5 Å². The Hall–Kier alpha value is -8.36. The Balaban J connectivity index is 0.976. The monoisotopic (exact) mass is 769 g/mol. The van der Waals surface area contributed by atoms with E-state index in [4.69, 9.17) is 29.3 Å². The second kappa shape index (κ2) is 13.6. The molecule has 0 N–H and O–H groups in total. The van der Waals surface area contributed by atoms with Gasteiger partial charge in [-0.25, -0.2) is 29.9 Å². The van der Waals surface area contributed by atoms with Crippen LogP contribution in [0.5, 0.6) is 0 Å². The third kappa shape index (κ3) is 5.61. The lowest BCUT2D eigenvalue weighted by molar-refractivity contribution is 0.652. The summed E-state index contributed by atoms with van der Waals surface area (Å²) in [5.74, 6) is 2.32. The minimum atomic E-state index is 0.525. The van der Waals surface area contributed by atoms with Gasteiger partial charge in [-0.3, -0.25) is 0 Å². The van der Waals surface area contributed by atoms with Gasteiger partial charge in [0, 0.05) is 50.5 Å². The van der Waals surface area contributed by atoms with Crippen LogP contribution in [0.25, 0.3) is 117 Å². The molecule has 8 nitrogen and oxygen atoms in total. The van der Waals surface area contributed by atoms with Crippen molar-refractivity contribution in [2.45, 2.75) is 0 Å². The largest absolute Gasteiger partial charge is 0.434 e. The molecule has 0 unspecified atom stereocenters. The molecule has 0 bridgehead atoms. The van der Waals surface area contributed by atoms with Gasteiger partial charge in [0.1, 0.15) is 11.2 Å². The van der Waals surface area contributed by atoms with E-state index in [9.17, 15) is 0 Å². The van der Waals surface area contributed by atoms with Crippen molar-refractivity contribution < 1.29 is 4.42 Å². The van der Waals surface area contributed by atoms with Crippen LogP contribution in [-0.2, 0) is 0 Å². The van der Waals surface area contributed by atoms with E-state index in [1.165, 1.54) is 10.8 Å². The third-order valence-corrected chi connectivity index (χ3v) is 11.1. The molecular weight excluding hydrogens is 739 g/mol. The van der Waals surface area contributed by atoms with Gasteiger partial charge in [-0.2, -0.15) is 0 Å². The molecule has 0 aliphatic rings. The van der Waals surface area contributed by atoms with E-state index in [1.54, 1.807) is 6.20 Å². The number of aromatic nitrogens is 7. The van der Waals surface area contributed by atoms with Crippen molar-refractivity contribution in [1.29, 1.82) is 0 Å². The number of fused-ring (bicyclic) bond motifs is 7. The van der Waals surface area contributed by atoms with Crippen molar-refractivity contribution in [3.05, 3.63) is 188 Å². The lowest BCUT2D eigenvalue weighted by atomic mass is 10.0. The molecule has 0 amide bonds. The van der Waals surface area contributed by atoms with Crippen molar-refractivity contribution in [3.8, 4) is 62.5 Å². The molecule has 280 valence electrons. The van der Waals surface area contributed by atoms with Crippen LogP contribution in [0.3, 0.4) is 0 Å². The number of benzene rings is 7. The molecule has 0 saturated carbocycles. The van der Waals surface area contributed by atoms with Crippen molar-refractivity contribution in [2.24, 2.45) is 0 Å². The Morgan fingerprint density at radius 1 is 0.383 bits per heavy atom. The molecule has 0 radical (unpaired) electrons. The lowest BCUT2D eigenvalue weighted by Gasteiger charge is -2.12. The molecule has 0 aliphatic heterocycles. The van der Waals surface area contributed by atoms with E-state index < -0.39 is 0 Å². The summed E-state index contributed by atoms with van der Waals surface area (Å²) in [6, 6.07) is 62.1. The van der Waals surface area contributed by atoms with E-state index in [-0.39, 0.29) is 0 Å². The number of para-hydroxylation sites is 2. The van der Waals surface area contributed by atoms with Crippen LogP contribution in [-0.4, -0.2) is 34.5 Å². The normalized spacial score (nSPS) is 11.7. The van der Waals surface area contributed by atoms with Crippen LogP contribution in [0.4, 0.5) is 0 Å². The average Bonchev–Trinajstić information content (AvgIpc) is 3.87. The zero-order valence-corrected chi connectivity index (χ0v) is 31.9. The van der Waals surface area contributed by atoms with Gasteiger partial charge >= 0.3 is 0 Å². The highest BCUT2D eigenvalue weighted by molar-refractivity contribution is 6.09. The van der Waals surface area contributed by atoms with Crippen LogP contribution in [0.2, 0.25) is 0 Å². The van der Waals surface area contributed by atoms with E-state index >= 15 is 0 Å². The molecule has 0 atom stereocenters. The topological polar surface area (TPSA) is 95.4 Å². The first kappa shape index (κ1) is 33.7. The summed E-state index contributed by atoms with van der Waals surface area (Å²) in [6.07, 6.45) is 1.73. The molecule has 5 aromatic heterocycles. The minimum Gasteiger partial charge on any atom is -0.434 e.